The molecule has 0 saturated carbocycles. The summed E-state index contributed by atoms with van der Waals surface area (Å²) in [6, 6.07) is 77.9. The van der Waals surface area contributed by atoms with Gasteiger partial charge in [0, 0.05) is 55.4 Å². The summed E-state index contributed by atoms with van der Waals surface area (Å²) in [7, 11) is 0. The molecule has 0 fully saturated rings. The lowest BCUT2D eigenvalue weighted by Gasteiger charge is -2.26. The molecule has 0 aliphatic rings. The highest BCUT2D eigenvalue weighted by molar-refractivity contribution is 6.23. The molecule has 0 bridgehead atoms. The molecule has 0 amide bonds. The first-order valence-corrected chi connectivity index (χ1v) is 20.8. The average Bonchev–Trinajstić information content (AvgIpc) is 3.84. The number of para-hydroxylation sites is 4. The van der Waals surface area contributed by atoms with Crippen molar-refractivity contribution in [2.75, 3.05) is 4.90 Å². The normalized spacial score (nSPS) is 11.2. The Morgan fingerprint density at radius 2 is 0.767 bits per heavy atom. The van der Waals surface area contributed by atoms with Gasteiger partial charge in [-0.2, -0.15) is 0 Å². The average molecular weight is 773 g/mol. The Morgan fingerprint density at radius 1 is 0.367 bits per heavy atom. The maximum absolute atomic E-state index is 5.26. The zero-order valence-electron chi connectivity index (χ0n) is 33.8. The predicted octanol–water partition coefficient (Wildman–Crippen LogP) is 15.5. The van der Waals surface area contributed by atoms with Crippen LogP contribution in [0.5, 0.6) is 0 Å². The lowest BCUT2D eigenvalue weighted by molar-refractivity contribution is 1.09. The van der Waals surface area contributed by atoms with Crippen molar-refractivity contribution < 1.29 is 0 Å². The third-order valence-corrected chi connectivity index (χ3v) is 11.1. The second kappa shape index (κ2) is 15.9. The molecule has 0 atom stereocenters. The van der Waals surface area contributed by atoms with Crippen molar-refractivity contribution in [3.05, 3.63) is 218 Å². The van der Waals surface area contributed by atoms with E-state index in [4.69, 9.17) is 4.98 Å². The summed E-state index contributed by atoms with van der Waals surface area (Å²) in [6.45, 7) is 4.25. The van der Waals surface area contributed by atoms with Crippen molar-refractivity contribution in [1.82, 2.24) is 14.1 Å². The van der Waals surface area contributed by atoms with Crippen LogP contribution in [-0.4, -0.2) is 14.1 Å². The van der Waals surface area contributed by atoms with Gasteiger partial charge in [-0.3, -0.25) is 0 Å². The number of pyridine rings is 1. The third-order valence-electron chi connectivity index (χ3n) is 11.1. The second-order valence-electron chi connectivity index (χ2n) is 15.1. The van der Waals surface area contributed by atoms with E-state index in [0.717, 1.165) is 73.0 Å². The van der Waals surface area contributed by atoms with Crippen molar-refractivity contribution in [2.45, 2.75) is 20.3 Å². The maximum atomic E-state index is 5.26. The molecule has 0 aliphatic carbocycles. The molecule has 3 heterocycles. The van der Waals surface area contributed by atoms with Gasteiger partial charge in [-0.1, -0.05) is 172 Å². The molecular formula is C56H44N4. The van der Waals surface area contributed by atoms with Crippen LogP contribution in [0.1, 0.15) is 20.3 Å². The number of benzene rings is 8. The Labute approximate surface area is 350 Å². The Balaban J connectivity index is 0.00000140. The molecule has 0 spiro atoms. The first-order chi connectivity index (χ1) is 29.7. The van der Waals surface area contributed by atoms with E-state index in [1.165, 1.54) is 28.0 Å². The van der Waals surface area contributed by atoms with Gasteiger partial charge in [0.1, 0.15) is 0 Å². The molecule has 11 rings (SSSR count). The topological polar surface area (TPSA) is 26.0 Å². The van der Waals surface area contributed by atoms with Crippen molar-refractivity contribution in [3.63, 3.8) is 0 Å². The zero-order valence-corrected chi connectivity index (χ0v) is 33.8. The molecular weight excluding hydrogens is 729 g/mol. The summed E-state index contributed by atoms with van der Waals surface area (Å²) in [5.41, 5.74) is 14.1. The van der Waals surface area contributed by atoms with Crippen molar-refractivity contribution >= 4 is 60.7 Å². The molecule has 0 unspecified atom stereocenters. The van der Waals surface area contributed by atoms with E-state index < -0.39 is 0 Å². The fourth-order valence-electron chi connectivity index (χ4n) is 8.57. The molecule has 8 aromatic carbocycles. The van der Waals surface area contributed by atoms with Crippen LogP contribution >= 0.6 is 0 Å². The SMILES string of the molecule is CCC.c1ccc(-c2cc(-n3c4ccccc4c4ccc5c6ccccc6n(-c6cccc(N(c7ccccc7)c7ccccc7)c6)c5c43)cc(-c3ccccc3)n2)cc1. The summed E-state index contributed by atoms with van der Waals surface area (Å²) >= 11 is 0. The van der Waals surface area contributed by atoms with Gasteiger partial charge in [0.25, 0.3) is 0 Å². The van der Waals surface area contributed by atoms with E-state index >= 15 is 0 Å². The monoisotopic (exact) mass is 772 g/mol. The van der Waals surface area contributed by atoms with Crippen molar-refractivity contribution in [2.24, 2.45) is 0 Å². The minimum Gasteiger partial charge on any atom is -0.310 e. The van der Waals surface area contributed by atoms with E-state index in [0.29, 0.717) is 0 Å². The van der Waals surface area contributed by atoms with Gasteiger partial charge in [0.2, 0.25) is 0 Å². The van der Waals surface area contributed by atoms with E-state index in [9.17, 15) is 0 Å². The number of anilines is 3. The fraction of sp³-hybridized carbons (Fsp3) is 0.0536. The van der Waals surface area contributed by atoms with E-state index in [-0.39, 0.29) is 0 Å². The first-order valence-electron chi connectivity index (χ1n) is 20.8. The van der Waals surface area contributed by atoms with Crippen LogP contribution in [0.2, 0.25) is 0 Å². The van der Waals surface area contributed by atoms with E-state index in [1.54, 1.807) is 0 Å². The number of rotatable bonds is 7. The van der Waals surface area contributed by atoms with Gasteiger partial charge in [-0.05, 0) is 66.7 Å². The van der Waals surface area contributed by atoms with Crippen LogP contribution in [0.15, 0.2) is 218 Å². The van der Waals surface area contributed by atoms with Gasteiger partial charge in [0.15, 0.2) is 0 Å². The molecule has 0 N–H and O–H groups in total. The molecule has 4 nitrogen and oxygen atoms in total. The quantitative estimate of drug-likeness (QED) is 0.161. The van der Waals surface area contributed by atoms with Gasteiger partial charge < -0.3 is 14.0 Å². The Bertz CT molecular complexity index is 3140. The second-order valence-corrected chi connectivity index (χ2v) is 15.1. The minimum atomic E-state index is 0.931. The lowest BCUT2D eigenvalue weighted by Crippen LogP contribution is -2.10. The number of hydrogen-bond donors (Lipinski definition) is 0. The largest absolute Gasteiger partial charge is 0.310 e. The zero-order chi connectivity index (χ0) is 40.4. The molecule has 0 aliphatic heterocycles. The molecule has 11 aromatic rings. The molecule has 60 heavy (non-hydrogen) atoms. The summed E-state index contributed by atoms with van der Waals surface area (Å²) in [4.78, 5) is 7.59. The van der Waals surface area contributed by atoms with E-state index in [1.807, 2.05) is 0 Å². The van der Waals surface area contributed by atoms with E-state index in [2.05, 4.69) is 246 Å². The third kappa shape index (κ3) is 6.49. The molecule has 288 valence electrons. The number of hydrogen-bond acceptors (Lipinski definition) is 2. The highest BCUT2D eigenvalue weighted by Gasteiger charge is 2.23. The number of fused-ring (bicyclic) bond motifs is 7. The van der Waals surface area contributed by atoms with Crippen molar-refractivity contribution in [1.29, 1.82) is 0 Å². The Morgan fingerprint density at radius 3 is 1.25 bits per heavy atom. The van der Waals surface area contributed by atoms with Crippen LogP contribution in [0, 0.1) is 0 Å². The van der Waals surface area contributed by atoms with Gasteiger partial charge in [-0.15, -0.1) is 0 Å². The standard InChI is InChI=1S/C53H36N4.C3H8/c1-5-18-37(19-6-1)48-35-43(36-49(54-48)38-20-7-2-8-21-38)57-51-31-16-14-29-45(51)47-33-32-46-44-28-13-15-30-50(44)56(52(46)53(47)57)42-27-17-26-41(34-42)55(39-22-9-3-10-23-39)40-24-11-4-12-25-40;1-3-2/h1-36H;3H2,1-2H3. The minimum absolute atomic E-state index is 0.931. The maximum Gasteiger partial charge on any atom is 0.0788 e. The van der Waals surface area contributed by atoms with Crippen LogP contribution in [-0.2, 0) is 0 Å². The molecule has 3 aromatic heterocycles. The van der Waals surface area contributed by atoms with Crippen LogP contribution in [0.25, 0.3) is 77.5 Å². The summed E-state index contributed by atoms with van der Waals surface area (Å²) in [5.74, 6) is 0. The lowest BCUT2D eigenvalue weighted by atomic mass is 10.1. The molecule has 4 heteroatoms. The summed E-state index contributed by atoms with van der Waals surface area (Å²) in [5, 5.41) is 4.83. The summed E-state index contributed by atoms with van der Waals surface area (Å²) < 4.78 is 4.94. The predicted molar refractivity (Wildman–Crippen MR) is 254 cm³/mol. The smallest absolute Gasteiger partial charge is 0.0788 e. The van der Waals surface area contributed by atoms with Crippen LogP contribution in [0.4, 0.5) is 17.1 Å². The first kappa shape index (κ1) is 36.6. The number of nitrogens with zero attached hydrogens (tertiary/aromatic N) is 4. The van der Waals surface area contributed by atoms with Crippen LogP contribution in [0.3, 0.4) is 0 Å². The molecule has 0 radical (unpaired) electrons. The van der Waals surface area contributed by atoms with Gasteiger partial charge >= 0.3 is 0 Å². The van der Waals surface area contributed by atoms with Gasteiger partial charge in [-0.25, -0.2) is 4.98 Å². The van der Waals surface area contributed by atoms with Crippen molar-refractivity contribution in [3.8, 4) is 33.9 Å². The van der Waals surface area contributed by atoms with Gasteiger partial charge in [0.05, 0.1) is 39.1 Å². The summed E-state index contributed by atoms with van der Waals surface area (Å²) in [6.07, 6.45) is 1.25. The fourth-order valence-corrected chi connectivity index (χ4v) is 8.57. The highest BCUT2D eigenvalue weighted by atomic mass is 15.1. The number of aromatic nitrogens is 3. The Kier molecular flexibility index (Phi) is 9.72. The van der Waals surface area contributed by atoms with Crippen LogP contribution < -0.4 is 4.90 Å². The highest BCUT2D eigenvalue weighted by Crippen LogP contribution is 2.43. The molecule has 0 saturated heterocycles. The Hall–Kier alpha value is -7.69.